The Labute approximate surface area is 123 Å². The van der Waals surface area contributed by atoms with E-state index in [-0.39, 0.29) is 10.8 Å². The fourth-order valence-corrected chi connectivity index (χ4v) is 3.12. The molecule has 114 valence electrons. The highest BCUT2D eigenvalue weighted by molar-refractivity contribution is 7.89. The van der Waals surface area contributed by atoms with E-state index in [0.717, 1.165) is 12.8 Å². The van der Waals surface area contributed by atoms with Gasteiger partial charge in [-0.2, -0.15) is 0 Å². The lowest BCUT2D eigenvalue weighted by Crippen LogP contribution is -2.28. The third kappa shape index (κ3) is 4.57. The number of benzene rings is 1. The van der Waals surface area contributed by atoms with Crippen LogP contribution >= 0.6 is 0 Å². The summed E-state index contributed by atoms with van der Waals surface area (Å²) in [6.45, 7) is -0.0749. The molecule has 0 bridgehead atoms. The van der Waals surface area contributed by atoms with Crippen LogP contribution in [-0.4, -0.2) is 32.6 Å². The van der Waals surface area contributed by atoms with Gasteiger partial charge < -0.3 is 9.84 Å². The van der Waals surface area contributed by atoms with Crippen LogP contribution < -0.4 is 9.46 Å². The number of allylic oxidation sites excluding steroid dienone is 1. The van der Waals surface area contributed by atoms with Gasteiger partial charge >= 0.3 is 5.97 Å². The standard InChI is InChI=1S/C14H17NO5S/c16-14(17)10-20-12-5-7-13(8-6-12)21(18,19)15-9-11-3-1-2-4-11/h1,3,5-8,11,15H,2,4,9-10H2,(H,16,17). The van der Waals surface area contributed by atoms with Crippen molar-refractivity contribution in [2.24, 2.45) is 5.92 Å². The first-order valence-corrected chi connectivity index (χ1v) is 8.07. The number of nitrogens with one attached hydrogen (secondary N) is 1. The second-order valence-corrected chi connectivity index (χ2v) is 6.54. The number of rotatable bonds is 7. The molecule has 1 atom stereocenters. The maximum atomic E-state index is 12.1. The number of carbonyl (C=O) groups is 1. The van der Waals surface area contributed by atoms with Gasteiger partial charge in [0.25, 0.3) is 0 Å². The lowest BCUT2D eigenvalue weighted by atomic mass is 10.1. The molecule has 0 saturated heterocycles. The minimum Gasteiger partial charge on any atom is -0.482 e. The van der Waals surface area contributed by atoms with Gasteiger partial charge in [0.05, 0.1) is 4.90 Å². The molecule has 1 aromatic rings. The van der Waals surface area contributed by atoms with E-state index in [9.17, 15) is 13.2 Å². The largest absolute Gasteiger partial charge is 0.482 e. The summed E-state index contributed by atoms with van der Waals surface area (Å²) in [5.74, 6) is -0.522. The number of sulfonamides is 1. The number of hydrogen-bond acceptors (Lipinski definition) is 4. The van der Waals surface area contributed by atoms with Gasteiger partial charge in [-0.1, -0.05) is 12.2 Å². The van der Waals surface area contributed by atoms with Crippen LogP contribution in [-0.2, 0) is 14.8 Å². The zero-order chi connectivity index (χ0) is 15.3. The summed E-state index contributed by atoms with van der Waals surface area (Å²) in [6, 6.07) is 5.66. The molecule has 0 heterocycles. The van der Waals surface area contributed by atoms with Crippen molar-refractivity contribution in [2.45, 2.75) is 17.7 Å². The highest BCUT2D eigenvalue weighted by Gasteiger charge is 2.17. The Morgan fingerprint density at radius 3 is 2.62 bits per heavy atom. The van der Waals surface area contributed by atoms with Gasteiger partial charge in [-0.15, -0.1) is 0 Å². The first-order chi connectivity index (χ1) is 9.97. The van der Waals surface area contributed by atoms with E-state index < -0.39 is 22.6 Å². The van der Waals surface area contributed by atoms with Crippen LogP contribution in [0.25, 0.3) is 0 Å². The smallest absolute Gasteiger partial charge is 0.341 e. The molecule has 2 N–H and O–H groups in total. The van der Waals surface area contributed by atoms with E-state index in [1.54, 1.807) is 0 Å². The zero-order valence-corrected chi connectivity index (χ0v) is 12.2. The Morgan fingerprint density at radius 1 is 1.33 bits per heavy atom. The molecule has 6 nitrogen and oxygen atoms in total. The first kappa shape index (κ1) is 15.5. The van der Waals surface area contributed by atoms with Gasteiger partial charge in [0.2, 0.25) is 10.0 Å². The monoisotopic (exact) mass is 311 g/mol. The maximum absolute atomic E-state index is 12.1. The minimum absolute atomic E-state index is 0.132. The van der Waals surface area contributed by atoms with Crippen molar-refractivity contribution in [2.75, 3.05) is 13.2 Å². The molecule has 1 aliphatic rings. The van der Waals surface area contributed by atoms with Crippen LogP contribution in [0.15, 0.2) is 41.3 Å². The molecule has 0 spiro atoms. The van der Waals surface area contributed by atoms with Crippen molar-refractivity contribution in [3.05, 3.63) is 36.4 Å². The van der Waals surface area contributed by atoms with Gasteiger partial charge in [0, 0.05) is 6.54 Å². The Balaban J connectivity index is 1.95. The number of ether oxygens (including phenoxy) is 1. The molecule has 7 heteroatoms. The van der Waals surface area contributed by atoms with Gasteiger partial charge in [-0.25, -0.2) is 17.9 Å². The fourth-order valence-electron chi connectivity index (χ4n) is 2.03. The van der Waals surface area contributed by atoms with Crippen molar-refractivity contribution in [1.29, 1.82) is 0 Å². The van der Waals surface area contributed by atoms with Crippen LogP contribution in [0.1, 0.15) is 12.8 Å². The van der Waals surface area contributed by atoms with Crippen molar-refractivity contribution in [1.82, 2.24) is 4.72 Å². The van der Waals surface area contributed by atoms with E-state index in [0.29, 0.717) is 12.3 Å². The summed E-state index contributed by atoms with van der Waals surface area (Å²) >= 11 is 0. The molecule has 0 aromatic heterocycles. The second-order valence-electron chi connectivity index (χ2n) is 4.77. The van der Waals surface area contributed by atoms with Crippen molar-refractivity contribution in [3.63, 3.8) is 0 Å². The van der Waals surface area contributed by atoms with E-state index in [4.69, 9.17) is 9.84 Å². The van der Waals surface area contributed by atoms with Gasteiger partial charge in [-0.3, -0.25) is 0 Å². The Bertz CT molecular complexity index is 621. The highest BCUT2D eigenvalue weighted by atomic mass is 32.2. The average molecular weight is 311 g/mol. The quantitative estimate of drug-likeness (QED) is 0.742. The van der Waals surface area contributed by atoms with Gasteiger partial charge in [-0.05, 0) is 43.0 Å². The Morgan fingerprint density at radius 2 is 2.05 bits per heavy atom. The van der Waals surface area contributed by atoms with E-state index in [1.165, 1.54) is 24.3 Å². The molecule has 0 radical (unpaired) electrons. The normalized spacial score (nSPS) is 17.8. The molecule has 0 amide bonds. The second kappa shape index (κ2) is 6.73. The summed E-state index contributed by atoms with van der Waals surface area (Å²) in [5, 5.41) is 8.50. The molecule has 1 aliphatic carbocycles. The molecule has 1 aromatic carbocycles. The first-order valence-electron chi connectivity index (χ1n) is 6.58. The van der Waals surface area contributed by atoms with Crippen LogP contribution in [0, 0.1) is 5.92 Å². The Kier molecular flexibility index (Phi) is 4.98. The SMILES string of the molecule is O=C(O)COc1ccc(S(=O)(=O)NCC2C=CCC2)cc1. The minimum atomic E-state index is -3.55. The average Bonchev–Trinajstić information content (AvgIpc) is 2.97. The highest BCUT2D eigenvalue weighted by Crippen LogP contribution is 2.18. The summed E-state index contributed by atoms with van der Waals surface area (Å²) in [7, 11) is -3.55. The van der Waals surface area contributed by atoms with E-state index >= 15 is 0 Å². The van der Waals surface area contributed by atoms with E-state index in [2.05, 4.69) is 4.72 Å². The van der Waals surface area contributed by atoms with Gasteiger partial charge in [0.1, 0.15) is 5.75 Å². The maximum Gasteiger partial charge on any atom is 0.341 e. The summed E-state index contributed by atoms with van der Waals surface area (Å²) in [6.07, 6.45) is 6.02. The molecule has 1 unspecified atom stereocenters. The zero-order valence-electron chi connectivity index (χ0n) is 11.4. The molecule has 0 fully saturated rings. The van der Waals surface area contributed by atoms with Gasteiger partial charge in [0.15, 0.2) is 6.61 Å². The predicted octanol–water partition coefficient (Wildman–Crippen LogP) is 1.39. The lowest BCUT2D eigenvalue weighted by Gasteiger charge is -2.11. The van der Waals surface area contributed by atoms with E-state index in [1.807, 2.05) is 12.2 Å². The fraction of sp³-hybridized carbons (Fsp3) is 0.357. The third-order valence-corrected chi connectivity index (χ3v) is 4.58. The molecular formula is C14H17NO5S. The summed E-state index contributed by atoms with van der Waals surface area (Å²) in [5.41, 5.74) is 0. The van der Waals surface area contributed by atoms with Crippen LogP contribution in [0.2, 0.25) is 0 Å². The molecular weight excluding hydrogens is 294 g/mol. The number of aliphatic carboxylic acids is 1. The van der Waals surface area contributed by atoms with Crippen molar-refractivity contribution in [3.8, 4) is 5.75 Å². The number of carboxylic acids is 1. The third-order valence-electron chi connectivity index (χ3n) is 3.14. The topological polar surface area (TPSA) is 92.7 Å². The van der Waals surface area contributed by atoms with Crippen molar-refractivity contribution >= 4 is 16.0 Å². The van der Waals surface area contributed by atoms with Crippen LogP contribution in [0.3, 0.4) is 0 Å². The van der Waals surface area contributed by atoms with Crippen molar-refractivity contribution < 1.29 is 23.1 Å². The summed E-state index contributed by atoms with van der Waals surface area (Å²) in [4.78, 5) is 10.5. The molecule has 2 rings (SSSR count). The van der Waals surface area contributed by atoms with Crippen LogP contribution in [0.5, 0.6) is 5.75 Å². The van der Waals surface area contributed by atoms with Crippen LogP contribution in [0.4, 0.5) is 0 Å². The molecule has 0 saturated carbocycles. The number of carboxylic acid groups (broad SMARTS) is 1. The summed E-state index contributed by atoms with van der Waals surface area (Å²) < 4.78 is 31.7. The lowest BCUT2D eigenvalue weighted by molar-refractivity contribution is -0.139. The molecule has 21 heavy (non-hydrogen) atoms. The molecule has 0 aliphatic heterocycles. The Hall–Kier alpha value is -1.86. The number of hydrogen-bond donors (Lipinski definition) is 2. The predicted molar refractivity (Wildman–Crippen MR) is 76.6 cm³/mol.